The van der Waals surface area contributed by atoms with Crippen molar-refractivity contribution in [2.45, 2.75) is 24.1 Å². The lowest BCUT2D eigenvalue weighted by Gasteiger charge is -2.28. The Labute approximate surface area is 203 Å². The van der Waals surface area contributed by atoms with E-state index in [2.05, 4.69) is 61.0 Å². The fourth-order valence-electron chi connectivity index (χ4n) is 3.76. The van der Waals surface area contributed by atoms with Crippen molar-refractivity contribution in [1.29, 1.82) is 0 Å². The fraction of sp³-hybridized carbons (Fsp3) is 0.269. The first-order chi connectivity index (χ1) is 16.8. The van der Waals surface area contributed by atoms with Gasteiger partial charge in [-0.3, -0.25) is 9.55 Å². The topological polar surface area (TPSA) is 65.3 Å². The maximum absolute atomic E-state index is 5.85. The summed E-state index contributed by atoms with van der Waals surface area (Å²) in [5, 5.41) is 10.0. The van der Waals surface area contributed by atoms with Gasteiger partial charge < -0.3 is 14.4 Å². The highest BCUT2D eigenvalue weighted by Gasteiger charge is 2.21. The van der Waals surface area contributed by atoms with Crippen LogP contribution in [-0.4, -0.2) is 46.1 Å². The molecule has 34 heavy (non-hydrogen) atoms. The molecule has 1 aliphatic heterocycles. The van der Waals surface area contributed by atoms with E-state index in [1.807, 2.05) is 36.4 Å². The van der Waals surface area contributed by atoms with Crippen LogP contribution in [0.5, 0.6) is 5.75 Å². The van der Waals surface area contributed by atoms with Gasteiger partial charge in [-0.1, -0.05) is 60.3 Å². The molecule has 0 amide bonds. The van der Waals surface area contributed by atoms with E-state index in [1.165, 1.54) is 11.1 Å². The number of anilines is 1. The van der Waals surface area contributed by atoms with Gasteiger partial charge in [0.15, 0.2) is 5.16 Å². The molecule has 0 atom stereocenters. The predicted octanol–water partition coefficient (Wildman–Crippen LogP) is 4.43. The third-order valence-corrected chi connectivity index (χ3v) is 6.62. The molecule has 8 heteroatoms. The molecule has 2 aromatic carbocycles. The molecule has 0 radical (unpaired) electrons. The minimum atomic E-state index is 0.460. The molecule has 0 aliphatic carbocycles. The van der Waals surface area contributed by atoms with Crippen molar-refractivity contribution >= 4 is 17.7 Å². The number of rotatable bonds is 9. The van der Waals surface area contributed by atoms with Crippen LogP contribution < -0.4 is 9.64 Å². The molecule has 1 aliphatic rings. The Balaban J connectivity index is 1.25. The number of benzene rings is 2. The first kappa shape index (κ1) is 22.4. The number of pyridine rings is 1. The van der Waals surface area contributed by atoms with Gasteiger partial charge in [0.2, 0.25) is 5.95 Å². The lowest BCUT2D eigenvalue weighted by molar-refractivity contribution is 0.121. The van der Waals surface area contributed by atoms with Gasteiger partial charge in [0, 0.05) is 25.0 Å². The Morgan fingerprint density at radius 1 is 0.853 bits per heavy atom. The van der Waals surface area contributed by atoms with Crippen LogP contribution in [0, 0.1) is 0 Å². The molecule has 0 unspecified atom stereocenters. The lowest BCUT2D eigenvalue weighted by Crippen LogP contribution is -2.38. The molecule has 4 aromatic rings. The van der Waals surface area contributed by atoms with E-state index in [1.54, 1.807) is 18.0 Å². The largest absolute Gasteiger partial charge is 0.487 e. The zero-order chi connectivity index (χ0) is 23.0. The number of ether oxygens (including phenoxy) is 2. The smallest absolute Gasteiger partial charge is 0.228 e. The molecule has 174 valence electrons. The highest BCUT2D eigenvalue weighted by Crippen LogP contribution is 2.27. The van der Waals surface area contributed by atoms with E-state index in [0.717, 1.165) is 61.1 Å². The normalized spacial score (nSPS) is 13.7. The summed E-state index contributed by atoms with van der Waals surface area (Å²) in [4.78, 5) is 6.56. The maximum atomic E-state index is 5.85. The summed E-state index contributed by atoms with van der Waals surface area (Å²) in [6.07, 6.45) is 1.78. The molecule has 0 saturated carbocycles. The summed E-state index contributed by atoms with van der Waals surface area (Å²) in [7, 11) is 0. The molecule has 2 aromatic heterocycles. The molecular formula is C26H27N5O2S. The quantitative estimate of drug-likeness (QED) is 0.333. The van der Waals surface area contributed by atoms with Gasteiger partial charge in [-0.2, -0.15) is 0 Å². The van der Waals surface area contributed by atoms with Gasteiger partial charge in [-0.15, -0.1) is 10.2 Å². The Hall–Kier alpha value is -3.36. The van der Waals surface area contributed by atoms with Gasteiger partial charge in [0.1, 0.15) is 12.4 Å². The molecule has 0 spiro atoms. The Morgan fingerprint density at radius 3 is 2.41 bits per heavy atom. The standard InChI is InChI=1S/C26H27N5O2S/c1-2-6-21(7-3-1)18-31-25(30-14-16-32-17-15-30)28-29-26(31)34-20-22-9-11-24(12-10-22)33-19-23-8-4-5-13-27-23/h1-13H,14-20H2. The van der Waals surface area contributed by atoms with Crippen LogP contribution in [0.25, 0.3) is 0 Å². The van der Waals surface area contributed by atoms with Crippen molar-refractivity contribution in [2.75, 3.05) is 31.2 Å². The Kier molecular flexibility index (Phi) is 7.37. The summed E-state index contributed by atoms with van der Waals surface area (Å²) >= 11 is 1.70. The van der Waals surface area contributed by atoms with Gasteiger partial charge >= 0.3 is 0 Å². The minimum Gasteiger partial charge on any atom is -0.487 e. The van der Waals surface area contributed by atoms with Gasteiger partial charge in [-0.25, -0.2) is 0 Å². The molecule has 0 bridgehead atoms. The summed E-state index contributed by atoms with van der Waals surface area (Å²) in [5.41, 5.74) is 3.35. The molecule has 7 nitrogen and oxygen atoms in total. The van der Waals surface area contributed by atoms with E-state index in [0.29, 0.717) is 6.61 Å². The van der Waals surface area contributed by atoms with Crippen LogP contribution in [0.1, 0.15) is 16.8 Å². The van der Waals surface area contributed by atoms with Crippen molar-refractivity contribution in [1.82, 2.24) is 19.7 Å². The highest BCUT2D eigenvalue weighted by atomic mass is 32.2. The van der Waals surface area contributed by atoms with Crippen molar-refractivity contribution in [3.05, 3.63) is 95.8 Å². The molecule has 0 N–H and O–H groups in total. The molecular weight excluding hydrogens is 446 g/mol. The Bertz CT molecular complexity index is 1160. The molecule has 1 fully saturated rings. The van der Waals surface area contributed by atoms with Crippen molar-refractivity contribution in [3.63, 3.8) is 0 Å². The summed E-state index contributed by atoms with van der Waals surface area (Å²) in [6, 6.07) is 24.5. The molecule has 3 heterocycles. The molecule has 5 rings (SSSR count). The SMILES string of the molecule is c1ccc(Cn2c(SCc3ccc(OCc4ccccn4)cc3)nnc2N2CCOCC2)cc1. The van der Waals surface area contributed by atoms with E-state index < -0.39 is 0 Å². The summed E-state index contributed by atoms with van der Waals surface area (Å²) in [6.45, 7) is 4.30. The third-order valence-electron chi connectivity index (χ3n) is 5.58. The van der Waals surface area contributed by atoms with Crippen LogP contribution >= 0.6 is 11.8 Å². The zero-order valence-electron chi connectivity index (χ0n) is 18.9. The van der Waals surface area contributed by atoms with Crippen LogP contribution in [0.15, 0.2) is 84.1 Å². The predicted molar refractivity (Wildman–Crippen MR) is 133 cm³/mol. The van der Waals surface area contributed by atoms with Crippen molar-refractivity contribution in [3.8, 4) is 5.75 Å². The summed E-state index contributed by atoms with van der Waals surface area (Å²) < 4.78 is 13.6. The van der Waals surface area contributed by atoms with Gasteiger partial charge in [-0.05, 0) is 35.4 Å². The van der Waals surface area contributed by atoms with E-state index >= 15 is 0 Å². The van der Waals surface area contributed by atoms with Crippen LogP contribution in [0.4, 0.5) is 5.95 Å². The van der Waals surface area contributed by atoms with Gasteiger partial charge in [0.25, 0.3) is 0 Å². The highest BCUT2D eigenvalue weighted by molar-refractivity contribution is 7.98. The van der Waals surface area contributed by atoms with Crippen LogP contribution in [0.2, 0.25) is 0 Å². The second kappa shape index (κ2) is 11.2. The monoisotopic (exact) mass is 473 g/mol. The van der Waals surface area contributed by atoms with Crippen LogP contribution in [-0.2, 0) is 23.6 Å². The van der Waals surface area contributed by atoms with Crippen LogP contribution in [0.3, 0.4) is 0 Å². The number of hydrogen-bond donors (Lipinski definition) is 0. The first-order valence-corrected chi connectivity index (χ1v) is 12.4. The van der Waals surface area contributed by atoms with E-state index in [9.17, 15) is 0 Å². The molecule has 1 saturated heterocycles. The number of nitrogens with zero attached hydrogens (tertiary/aromatic N) is 5. The second-order valence-electron chi connectivity index (χ2n) is 8.00. The average Bonchev–Trinajstić information content (AvgIpc) is 3.31. The zero-order valence-corrected chi connectivity index (χ0v) is 19.7. The van der Waals surface area contributed by atoms with Gasteiger partial charge in [0.05, 0.1) is 25.5 Å². The van der Waals surface area contributed by atoms with Crippen molar-refractivity contribution < 1.29 is 9.47 Å². The fourth-order valence-corrected chi connectivity index (χ4v) is 4.65. The van der Waals surface area contributed by atoms with E-state index in [4.69, 9.17) is 9.47 Å². The number of aromatic nitrogens is 4. The maximum Gasteiger partial charge on any atom is 0.228 e. The Morgan fingerprint density at radius 2 is 1.65 bits per heavy atom. The average molecular weight is 474 g/mol. The summed E-state index contributed by atoms with van der Waals surface area (Å²) in [5.74, 6) is 2.55. The number of hydrogen-bond acceptors (Lipinski definition) is 7. The first-order valence-electron chi connectivity index (χ1n) is 11.4. The third kappa shape index (κ3) is 5.76. The van der Waals surface area contributed by atoms with E-state index in [-0.39, 0.29) is 0 Å². The number of morpholine rings is 1. The minimum absolute atomic E-state index is 0.460. The number of thioether (sulfide) groups is 1. The second-order valence-corrected chi connectivity index (χ2v) is 8.94. The lowest BCUT2D eigenvalue weighted by atomic mass is 10.2. The van der Waals surface area contributed by atoms with Crippen molar-refractivity contribution in [2.24, 2.45) is 0 Å².